The van der Waals surface area contributed by atoms with Crippen molar-refractivity contribution in [1.82, 2.24) is 0 Å². The first-order valence-corrected chi connectivity index (χ1v) is 11.2. The molecule has 0 bridgehead atoms. The Kier molecular flexibility index (Phi) is 6.75. The molecule has 6 nitrogen and oxygen atoms in total. The number of hydrogen-bond acceptors (Lipinski definition) is 5. The second-order valence-electron chi connectivity index (χ2n) is 7.11. The standard InChI is InChI=1S/C24H27NO5S/c1-17-7-6-8-19(15-17)18(2)25(20-9-14-23(29-4)24(16-20)30-5)31(26,27)22-12-10-21(28-3)11-13-22/h6-16,18H,1-5H3/t18-/m0/s1. The van der Waals surface area contributed by atoms with Gasteiger partial charge in [0.15, 0.2) is 11.5 Å². The summed E-state index contributed by atoms with van der Waals surface area (Å²) in [6.45, 7) is 3.85. The minimum absolute atomic E-state index is 0.169. The molecule has 0 aliphatic rings. The van der Waals surface area contributed by atoms with Crippen LogP contribution in [0.25, 0.3) is 0 Å². The van der Waals surface area contributed by atoms with Gasteiger partial charge in [-0.1, -0.05) is 29.8 Å². The first kappa shape index (κ1) is 22.5. The Labute approximate surface area is 184 Å². The lowest BCUT2D eigenvalue weighted by atomic mass is 10.1. The van der Waals surface area contributed by atoms with Crippen molar-refractivity contribution < 1.29 is 22.6 Å². The highest BCUT2D eigenvalue weighted by Crippen LogP contribution is 2.38. The number of methoxy groups -OCH3 is 3. The fourth-order valence-electron chi connectivity index (χ4n) is 3.46. The summed E-state index contributed by atoms with van der Waals surface area (Å²) >= 11 is 0. The molecular formula is C24H27NO5S. The van der Waals surface area contributed by atoms with Crippen LogP contribution in [-0.2, 0) is 10.0 Å². The molecule has 0 amide bonds. The lowest BCUT2D eigenvalue weighted by molar-refractivity contribution is 0.355. The lowest BCUT2D eigenvalue weighted by Gasteiger charge is -2.31. The average Bonchev–Trinajstić information content (AvgIpc) is 2.78. The van der Waals surface area contributed by atoms with Gasteiger partial charge in [0, 0.05) is 6.07 Å². The van der Waals surface area contributed by atoms with Crippen molar-refractivity contribution in [3.05, 3.63) is 77.9 Å². The molecule has 0 aromatic heterocycles. The monoisotopic (exact) mass is 441 g/mol. The van der Waals surface area contributed by atoms with Crippen LogP contribution in [0.15, 0.2) is 71.6 Å². The van der Waals surface area contributed by atoms with Gasteiger partial charge in [-0.15, -0.1) is 0 Å². The van der Waals surface area contributed by atoms with Gasteiger partial charge in [0.2, 0.25) is 0 Å². The van der Waals surface area contributed by atoms with Crippen LogP contribution in [0.2, 0.25) is 0 Å². The second kappa shape index (κ2) is 9.31. The van der Waals surface area contributed by atoms with Gasteiger partial charge in [0.05, 0.1) is 38.0 Å². The van der Waals surface area contributed by atoms with Gasteiger partial charge < -0.3 is 14.2 Å². The molecule has 0 fully saturated rings. The number of sulfonamides is 1. The molecule has 3 rings (SSSR count). The van der Waals surface area contributed by atoms with Gasteiger partial charge in [0.25, 0.3) is 10.0 Å². The maximum absolute atomic E-state index is 13.8. The molecule has 0 N–H and O–H groups in total. The summed E-state index contributed by atoms with van der Waals surface area (Å²) in [6.07, 6.45) is 0. The van der Waals surface area contributed by atoms with Crippen LogP contribution >= 0.6 is 0 Å². The van der Waals surface area contributed by atoms with E-state index in [0.717, 1.165) is 11.1 Å². The summed E-state index contributed by atoms with van der Waals surface area (Å²) in [5.41, 5.74) is 2.41. The van der Waals surface area contributed by atoms with Gasteiger partial charge >= 0.3 is 0 Å². The van der Waals surface area contributed by atoms with E-state index >= 15 is 0 Å². The van der Waals surface area contributed by atoms with Gasteiger partial charge in [-0.2, -0.15) is 0 Å². The van der Waals surface area contributed by atoms with E-state index in [1.165, 1.54) is 11.4 Å². The van der Waals surface area contributed by atoms with Gasteiger partial charge in [-0.3, -0.25) is 4.31 Å². The van der Waals surface area contributed by atoms with Gasteiger partial charge in [-0.05, 0) is 55.8 Å². The smallest absolute Gasteiger partial charge is 0.264 e. The Morgan fingerprint density at radius 3 is 2.06 bits per heavy atom. The van der Waals surface area contributed by atoms with E-state index < -0.39 is 16.1 Å². The number of benzene rings is 3. The zero-order valence-electron chi connectivity index (χ0n) is 18.3. The summed E-state index contributed by atoms with van der Waals surface area (Å²) in [5, 5.41) is 0. The van der Waals surface area contributed by atoms with Crippen LogP contribution in [0.3, 0.4) is 0 Å². The summed E-state index contributed by atoms with van der Waals surface area (Å²) in [6, 6.07) is 18.8. The molecule has 0 radical (unpaired) electrons. The van der Waals surface area contributed by atoms with Crippen LogP contribution in [0.4, 0.5) is 5.69 Å². The zero-order valence-corrected chi connectivity index (χ0v) is 19.1. The summed E-state index contributed by atoms with van der Waals surface area (Å²) in [4.78, 5) is 0.169. The van der Waals surface area contributed by atoms with Crippen molar-refractivity contribution in [3.8, 4) is 17.2 Å². The van der Waals surface area contributed by atoms with E-state index in [1.54, 1.807) is 56.7 Å². The largest absolute Gasteiger partial charge is 0.497 e. The van der Waals surface area contributed by atoms with Crippen molar-refractivity contribution in [3.63, 3.8) is 0 Å². The number of nitrogens with zero attached hydrogens (tertiary/aromatic N) is 1. The minimum atomic E-state index is -3.90. The zero-order chi connectivity index (χ0) is 22.6. The molecule has 31 heavy (non-hydrogen) atoms. The van der Waals surface area contributed by atoms with Crippen molar-refractivity contribution in [2.75, 3.05) is 25.6 Å². The predicted molar refractivity (Wildman–Crippen MR) is 122 cm³/mol. The van der Waals surface area contributed by atoms with Crippen LogP contribution in [0.1, 0.15) is 24.1 Å². The maximum Gasteiger partial charge on any atom is 0.264 e. The molecule has 0 spiro atoms. The van der Waals surface area contributed by atoms with E-state index in [-0.39, 0.29) is 4.90 Å². The van der Waals surface area contributed by atoms with E-state index in [0.29, 0.717) is 22.9 Å². The van der Waals surface area contributed by atoms with Crippen molar-refractivity contribution in [1.29, 1.82) is 0 Å². The van der Waals surface area contributed by atoms with E-state index in [9.17, 15) is 8.42 Å². The average molecular weight is 442 g/mol. The molecule has 7 heteroatoms. The van der Waals surface area contributed by atoms with Gasteiger partial charge in [-0.25, -0.2) is 8.42 Å². The van der Waals surface area contributed by atoms with E-state index in [4.69, 9.17) is 14.2 Å². The predicted octanol–water partition coefficient (Wildman–Crippen LogP) is 4.98. The number of rotatable bonds is 8. The third-order valence-electron chi connectivity index (χ3n) is 5.11. The molecule has 0 aliphatic carbocycles. The third kappa shape index (κ3) is 4.61. The summed E-state index contributed by atoms with van der Waals surface area (Å²) in [7, 11) is 0.701. The van der Waals surface area contributed by atoms with E-state index in [2.05, 4.69) is 0 Å². The normalized spacial score (nSPS) is 12.2. The Hall–Kier alpha value is -3.19. The Morgan fingerprint density at radius 1 is 0.806 bits per heavy atom. The highest BCUT2D eigenvalue weighted by atomic mass is 32.2. The molecule has 0 saturated heterocycles. The van der Waals surface area contributed by atoms with Crippen LogP contribution in [-0.4, -0.2) is 29.7 Å². The highest BCUT2D eigenvalue weighted by Gasteiger charge is 2.31. The molecule has 164 valence electrons. The second-order valence-corrected chi connectivity index (χ2v) is 8.92. The topological polar surface area (TPSA) is 65.1 Å². The highest BCUT2D eigenvalue weighted by molar-refractivity contribution is 7.92. The SMILES string of the molecule is COc1ccc(S(=O)(=O)N(c2ccc(OC)c(OC)c2)[C@@H](C)c2cccc(C)c2)cc1. The van der Waals surface area contributed by atoms with E-state index in [1.807, 2.05) is 38.1 Å². The van der Waals surface area contributed by atoms with Crippen LogP contribution in [0.5, 0.6) is 17.2 Å². The fraction of sp³-hybridized carbons (Fsp3) is 0.250. The number of anilines is 1. The van der Waals surface area contributed by atoms with Crippen LogP contribution < -0.4 is 18.5 Å². The molecule has 0 saturated carbocycles. The number of hydrogen-bond donors (Lipinski definition) is 0. The first-order chi connectivity index (χ1) is 14.8. The molecule has 1 atom stereocenters. The van der Waals surface area contributed by atoms with Crippen LogP contribution in [0, 0.1) is 6.92 Å². The lowest BCUT2D eigenvalue weighted by Crippen LogP contribution is -2.33. The molecular weight excluding hydrogens is 414 g/mol. The third-order valence-corrected chi connectivity index (χ3v) is 7.03. The number of ether oxygens (including phenoxy) is 3. The number of aryl methyl sites for hydroxylation is 1. The molecule has 0 aliphatic heterocycles. The summed E-state index contributed by atoms with van der Waals surface area (Å²) < 4.78 is 44.9. The molecule has 3 aromatic rings. The van der Waals surface area contributed by atoms with Gasteiger partial charge in [0.1, 0.15) is 5.75 Å². The Balaban J connectivity index is 2.18. The molecule has 0 unspecified atom stereocenters. The fourth-order valence-corrected chi connectivity index (χ4v) is 5.10. The molecule has 3 aromatic carbocycles. The maximum atomic E-state index is 13.8. The Bertz CT molecular complexity index is 1140. The Morgan fingerprint density at radius 2 is 1.48 bits per heavy atom. The quantitative estimate of drug-likeness (QED) is 0.493. The van der Waals surface area contributed by atoms with Crippen molar-refractivity contribution >= 4 is 15.7 Å². The minimum Gasteiger partial charge on any atom is -0.497 e. The molecule has 0 heterocycles. The van der Waals surface area contributed by atoms with Crippen molar-refractivity contribution in [2.45, 2.75) is 24.8 Å². The van der Waals surface area contributed by atoms with Crippen molar-refractivity contribution in [2.24, 2.45) is 0 Å². The summed E-state index contributed by atoms with van der Waals surface area (Å²) in [5.74, 6) is 1.56. The first-order valence-electron chi connectivity index (χ1n) is 9.79.